The first-order chi connectivity index (χ1) is 9.00. The maximum atomic E-state index is 5.98. The summed E-state index contributed by atoms with van der Waals surface area (Å²) in [6.45, 7) is 4.49. The van der Waals surface area contributed by atoms with Crippen LogP contribution in [0.1, 0.15) is 26.2 Å². The second kappa shape index (κ2) is 5.49. The van der Waals surface area contributed by atoms with Crippen molar-refractivity contribution >= 4 is 23.2 Å². The molecule has 2 aromatic rings. The third-order valence-electron chi connectivity index (χ3n) is 3.35. The molecular formula is C13H15Cl2N3O. The predicted octanol–water partition coefficient (Wildman–Crippen LogP) is 3.67. The molecule has 0 aliphatic rings. The van der Waals surface area contributed by atoms with Crippen LogP contribution in [0.4, 0.5) is 0 Å². The molecule has 2 N–H and O–H groups in total. The van der Waals surface area contributed by atoms with Gasteiger partial charge in [0.1, 0.15) is 0 Å². The van der Waals surface area contributed by atoms with Gasteiger partial charge in [-0.2, -0.15) is 4.98 Å². The van der Waals surface area contributed by atoms with Crippen LogP contribution >= 0.6 is 23.2 Å². The molecule has 1 unspecified atom stereocenters. The van der Waals surface area contributed by atoms with Crippen molar-refractivity contribution in [2.75, 3.05) is 6.54 Å². The highest BCUT2D eigenvalue weighted by molar-refractivity contribution is 6.42. The van der Waals surface area contributed by atoms with E-state index < -0.39 is 0 Å². The van der Waals surface area contributed by atoms with Gasteiger partial charge in [0.25, 0.3) is 0 Å². The highest BCUT2D eigenvalue weighted by Gasteiger charge is 2.29. The van der Waals surface area contributed by atoms with Gasteiger partial charge in [0, 0.05) is 12.1 Å². The Bertz CT molecular complexity index is 579. The van der Waals surface area contributed by atoms with Crippen molar-refractivity contribution in [3.05, 3.63) is 34.1 Å². The van der Waals surface area contributed by atoms with Gasteiger partial charge in [-0.3, -0.25) is 0 Å². The summed E-state index contributed by atoms with van der Waals surface area (Å²) >= 11 is 11.9. The van der Waals surface area contributed by atoms with Crippen LogP contribution < -0.4 is 5.73 Å². The minimum absolute atomic E-state index is 0.304. The lowest BCUT2D eigenvalue weighted by atomic mass is 9.88. The number of nitrogens with two attached hydrogens (primary N) is 1. The molecule has 0 fully saturated rings. The van der Waals surface area contributed by atoms with Crippen LogP contribution in [0.25, 0.3) is 11.4 Å². The number of hydrogen-bond acceptors (Lipinski definition) is 4. The van der Waals surface area contributed by atoms with Crippen LogP contribution in [-0.2, 0) is 5.41 Å². The van der Waals surface area contributed by atoms with Crippen molar-refractivity contribution in [2.24, 2.45) is 5.73 Å². The summed E-state index contributed by atoms with van der Waals surface area (Å²) < 4.78 is 5.32. The largest absolute Gasteiger partial charge is 0.338 e. The van der Waals surface area contributed by atoms with Gasteiger partial charge < -0.3 is 10.3 Å². The summed E-state index contributed by atoms with van der Waals surface area (Å²) in [7, 11) is 0. The highest BCUT2D eigenvalue weighted by Crippen LogP contribution is 2.30. The molecule has 1 heterocycles. The van der Waals surface area contributed by atoms with Gasteiger partial charge in [-0.05, 0) is 31.5 Å². The molecule has 6 heteroatoms. The summed E-state index contributed by atoms with van der Waals surface area (Å²) in [6.07, 6.45) is 0.826. The van der Waals surface area contributed by atoms with Crippen molar-refractivity contribution in [1.82, 2.24) is 10.1 Å². The van der Waals surface area contributed by atoms with Crippen LogP contribution in [0.5, 0.6) is 0 Å². The number of nitrogens with zero attached hydrogens (tertiary/aromatic N) is 2. The van der Waals surface area contributed by atoms with Gasteiger partial charge in [-0.1, -0.05) is 35.3 Å². The normalized spacial score (nSPS) is 14.4. The van der Waals surface area contributed by atoms with E-state index in [1.807, 2.05) is 13.8 Å². The zero-order valence-corrected chi connectivity index (χ0v) is 12.3. The maximum Gasteiger partial charge on any atom is 0.234 e. The van der Waals surface area contributed by atoms with E-state index in [-0.39, 0.29) is 5.41 Å². The number of hydrogen-bond donors (Lipinski definition) is 1. The Hall–Kier alpha value is -1.10. The van der Waals surface area contributed by atoms with Gasteiger partial charge in [-0.25, -0.2) is 0 Å². The molecule has 0 bridgehead atoms. The lowest BCUT2D eigenvalue weighted by Crippen LogP contribution is -2.31. The van der Waals surface area contributed by atoms with Crippen molar-refractivity contribution in [3.63, 3.8) is 0 Å². The Kier molecular flexibility index (Phi) is 4.13. The molecule has 1 aromatic carbocycles. The first kappa shape index (κ1) is 14.3. The lowest BCUT2D eigenvalue weighted by molar-refractivity contribution is 0.291. The molecule has 0 saturated heterocycles. The fraction of sp³-hybridized carbons (Fsp3) is 0.385. The quantitative estimate of drug-likeness (QED) is 0.935. The van der Waals surface area contributed by atoms with Crippen LogP contribution in [0.3, 0.4) is 0 Å². The topological polar surface area (TPSA) is 64.9 Å². The summed E-state index contributed by atoms with van der Waals surface area (Å²) in [6, 6.07) is 5.22. The fourth-order valence-electron chi connectivity index (χ4n) is 1.60. The van der Waals surface area contributed by atoms with E-state index in [0.29, 0.717) is 28.3 Å². The summed E-state index contributed by atoms with van der Waals surface area (Å²) in [5.74, 6) is 1.03. The molecular weight excluding hydrogens is 285 g/mol. The van der Waals surface area contributed by atoms with Gasteiger partial charge >= 0.3 is 0 Å². The van der Waals surface area contributed by atoms with Gasteiger partial charge in [0.05, 0.1) is 15.5 Å². The third kappa shape index (κ3) is 2.76. The van der Waals surface area contributed by atoms with E-state index >= 15 is 0 Å². The standard InChI is InChI=1S/C13H15Cl2N3O/c1-3-13(2,7-16)12-17-11(18-19-12)8-4-5-9(14)10(15)6-8/h4-6H,3,7,16H2,1-2H3. The van der Waals surface area contributed by atoms with Crippen molar-refractivity contribution in [2.45, 2.75) is 25.7 Å². The highest BCUT2D eigenvalue weighted by atomic mass is 35.5. The summed E-state index contributed by atoms with van der Waals surface area (Å²) in [5, 5.41) is 4.93. The van der Waals surface area contributed by atoms with Crippen molar-refractivity contribution < 1.29 is 4.52 Å². The monoisotopic (exact) mass is 299 g/mol. The second-order valence-electron chi connectivity index (χ2n) is 4.67. The molecule has 4 nitrogen and oxygen atoms in total. The fourth-order valence-corrected chi connectivity index (χ4v) is 1.90. The second-order valence-corrected chi connectivity index (χ2v) is 5.48. The number of halogens is 2. The molecule has 0 aliphatic heterocycles. The van der Waals surface area contributed by atoms with Crippen LogP contribution in [0.2, 0.25) is 10.0 Å². The first-order valence-electron chi connectivity index (χ1n) is 6.00. The number of benzene rings is 1. The molecule has 0 spiro atoms. The Morgan fingerprint density at radius 2 is 2.05 bits per heavy atom. The molecule has 1 atom stereocenters. The van der Waals surface area contributed by atoms with E-state index in [2.05, 4.69) is 10.1 Å². The van der Waals surface area contributed by atoms with E-state index in [0.717, 1.165) is 12.0 Å². The zero-order valence-electron chi connectivity index (χ0n) is 10.8. The van der Waals surface area contributed by atoms with E-state index in [1.165, 1.54) is 0 Å². The Labute approximate surface area is 121 Å². The van der Waals surface area contributed by atoms with E-state index in [4.69, 9.17) is 33.5 Å². The molecule has 2 rings (SSSR count). The minimum atomic E-state index is -0.304. The van der Waals surface area contributed by atoms with Gasteiger partial charge in [0.2, 0.25) is 11.7 Å². The molecule has 102 valence electrons. The first-order valence-corrected chi connectivity index (χ1v) is 6.75. The Morgan fingerprint density at radius 1 is 1.32 bits per heavy atom. The molecule has 0 radical (unpaired) electrons. The number of aromatic nitrogens is 2. The Morgan fingerprint density at radius 3 is 2.63 bits per heavy atom. The average molecular weight is 300 g/mol. The van der Waals surface area contributed by atoms with E-state index in [1.54, 1.807) is 18.2 Å². The van der Waals surface area contributed by atoms with Crippen molar-refractivity contribution in [3.8, 4) is 11.4 Å². The summed E-state index contributed by atoms with van der Waals surface area (Å²) in [4.78, 5) is 4.41. The smallest absolute Gasteiger partial charge is 0.234 e. The minimum Gasteiger partial charge on any atom is -0.338 e. The third-order valence-corrected chi connectivity index (χ3v) is 4.09. The van der Waals surface area contributed by atoms with Gasteiger partial charge in [-0.15, -0.1) is 0 Å². The van der Waals surface area contributed by atoms with Gasteiger partial charge in [0.15, 0.2) is 0 Å². The van der Waals surface area contributed by atoms with Crippen LogP contribution in [0.15, 0.2) is 22.7 Å². The molecule has 0 saturated carbocycles. The van der Waals surface area contributed by atoms with Crippen LogP contribution in [-0.4, -0.2) is 16.7 Å². The summed E-state index contributed by atoms with van der Waals surface area (Å²) in [5.41, 5.74) is 6.23. The zero-order chi connectivity index (χ0) is 14.0. The molecule has 1 aromatic heterocycles. The van der Waals surface area contributed by atoms with E-state index in [9.17, 15) is 0 Å². The number of rotatable bonds is 4. The SMILES string of the molecule is CCC(C)(CN)c1nc(-c2ccc(Cl)c(Cl)c2)no1. The van der Waals surface area contributed by atoms with Crippen LogP contribution in [0, 0.1) is 0 Å². The Balaban J connectivity index is 2.38. The molecule has 0 aliphatic carbocycles. The molecule has 0 amide bonds. The lowest BCUT2D eigenvalue weighted by Gasteiger charge is -2.20. The predicted molar refractivity (Wildman–Crippen MR) is 76.5 cm³/mol. The van der Waals surface area contributed by atoms with Crippen molar-refractivity contribution in [1.29, 1.82) is 0 Å². The average Bonchev–Trinajstić information content (AvgIpc) is 2.91. The maximum absolute atomic E-state index is 5.98. The molecule has 19 heavy (non-hydrogen) atoms.